The molecule has 2 aromatic carbocycles. The lowest BCUT2D eigenvalue weighted by atomic mass is 9.97. The van der Waals surface area contributed by atoms with Crippen molar-refractivity contribution in [3.8, 4) is 16.9 Å². The van der Waals surface area contributed by atoms with Gasteiger partial charge in [-0.3, -0.25) is 4.79 Å². The van der Waals surface area contributed by atoms with Crippen molar-refractivity contribution in [3.63, 3.8) is 0 Å². The number of hydrogen-bond acceptors (Lipinski definition) is 2. The van der Waals surface area contributed by atoms with Crippen molar-refractivity contribution in [1.82, 2.24) is 10.3 Å². The number of benzene rings is 2. The van der Waals surface area contributed by atoms with E-state index in [9.17, 15) is 4.79 Å². The molecule has 4 heteroatoms. The number of hydrogen-bond donors (Lipinski definition) is 2. The van der Waals surface area contributed by atoms with Crippen LogP contribution >= 0.6 is 0 Å². The Morgan fingerprint density at radius 3 is 2.81 bits per heavy atom. The molecule has 2 N–H and O–H groups in total. The standard InChI is InChI=1S/C17H14N2O2/c1-21-13-8-4-7-12-15(13)14-11-6-3-2-5-10(11)9-18-17(20)16(14)19-12/h2-8,19H,9H2,1H3,(H,18,20). The van der Waals surface area contributed by atoms with Gasteiger partial charge in [-0.1, -0.05) is 30.3 Å². The SMILES string of the molecule is COc1cccc2[nH]c3c(c12)-c1ccccc1CNC3=O. The number of ether oxygens (including phenoxy) is 1. The van der Waals surface area contributed by atoms with Gasteiger partial charge in [0.15, 0.2) is 0 Å². The summed E-state index contributed by atoms with van der Waals surface area (Å²) in [5, 5.41) is 3.90. The van der Waals surface area contributed by atoms with Gasteiger partial charge in [0.2, 0.25) is 0 Å². The summed E-state index contributed by atoms with van der Waals surface area (Å²) in [6.07, 6.45) is 0. The van der Waals surface area contributed by atoms with Gasteiger partial charge < -0.3 is 15.0 Å². The maximum atomic E-state index is 12.4. The lowest BCUT2D eigenvalue weighted by Crippen LogP contribution is -2.21. The van der Waals surface area contributed by atoms with E-state index in [1.165, 1.54) is 0 Å². The number of methoxy groups -OCH3 is 1. The number of H-pyrrole nitrogens is 1. The van der Waals surface area contributed by atoms with E-state index < -0.39 is 0 Å². The summed E-state index contributed by atoms with van der Waals surface area (Å²) in [5.41, 5.74) is 4.61. The minimum atomic E-state index is -0.0838. The molecular formula is C17H14N2O2. The Balaban J connectivity index is 2.18. The van der Waals surface area contributed by atoms with Crippen molar-refractivity contribution in [2.45, 2.75) is 6.54 Å². The molecule has 2 heterocycles. The predicted molar refractivity (Wildman–Crippen MR) is 81.5 cm³/mol. The second-order valence-electron chi connectivity index (χ2n) is 5.10. The molecule has 1 aromatic heterocycles. The molecule has 1 amide bonds. The molecule has 1 aliphatic rings. The molecule has 4 rings (SSSR count). The van der Waals surface area contributed by atoms with Gasteiger partial charge in [-0.25, -0.2) is 0 Å². The van der Waals surface area contributed by atoms with Crippen LogP contribution in [0.25, 0.3) is 22.0 Å². The smallest absolute Gasteiger partial charge is 0.268 e. The fourth-order valence-electron chi connectivity index (χ4n) is 3.01. The van der Waals surface area contributed by atoms with E-state index >= 15 is 0 Å². The Kier molecular flexibility index (Phi) is 2.51. The molecule has 104 valence electrons. The van der Waals surface area contributed by atoms with Gasteiger partial charge in [-0.05, 0) is 23.3 Å². The molecule has 0 saturated heterocycles. The van der Waals surface area contributed by atoms with E-state index in [1.54, 1.807) is 7.11 Å². The molecule has 0 aliphatic carbocycles. The first kappa shape index (κ1) is 12.0. The Morgan fingerprint density at radius 2 is 1.95 bits per heavy atom. The van der Waals surface area contributed by atoms with Gasteiger partial charge in [0.05, 0.1) is 18.0 Å². The van der Waals surface area contributed by atoms with Crippen molar-refractivity contribution >= 4 is 16.8 Å². The lowest BCUT2D eigenvalue weighted by molar-refractivity contribution is 0.0948. The summed E-state index contributed by atoms with van der Waals surface area (Å²) in [6.45, 7) is 0.536. The molecule has 0 fully saturated rings. The van der Waals surface area contributed by atoms with Gasteiger partial charge in [0, 0.05) is 12.1 Å². The number of carbonyl (C=O) groups excluding carboxylic acids is 1. The normalized spacial score (nSPS) is 13.3. The van der Waals surface area contributed by atoms with Crippen LogP contribution in [-0.2, 0) is 6.54 Å². The van der Waals surface area contributed by atoms with Crippen LogP contribution in [0.5, 0.6) is 5.75 Å². The fourth-order valence-corrected chi connectivity index (χ4v) is 3.01. The van der Waals surface area contributed by atoms with Crippen molar-refractivity contribution in [2.24, 2.45) is 0 Å². The first-order valence-corrected chi connectivity index (χ1v) is 6.84. The third-order valence-corrected chi connectivity index (χ3v) is 3.96. The van der Waals surface area contributed by atoms with Gasteiger partial charge in [0.1, 0.15) is 11.4 Å². The molecule has 4 nitrogen and oxygen atoms in total. The Morgan fingerprint density at radius 1 is 1.10 bits per heavy atom. The lowest BCUT2D eigenvalue weighted by Gasteiger charge is -2.08. The summed E-state index contributed by atoms with van der Waals surface area (Å²) in [7, 11) is 1.65. The van der Waals surface area contributed by atoms with E-state index in [0.717, 1.165) is 33.3 Å². The van der Waals surface area contributed by atoms with Crippen molar-refractivity contribution < 1.29 is 9.53 Å². The topological polar surface area (TPSA) is 54.1 Å². The average Bonchev–Trinajstić information content (AvgIpc) is 2.86. The van der Waals surface area contributed by atoms with Crippen molar-refractivity contribution in [3.05, 3.63) is 53.7 Å². The molecule has 0 saturated carbocycles. The third kappa shape index (κ3) is 1.65. The number of rotatable bonds is 1. The maximum Gasteiger partial charge on any atom is 0.268 e. The van der Waals surface area contributed by atoms with E-state index in [4.69, 9.17) is 4.74 Å². The zero-order valence-electron chi connectivity index (χ0n) is 11.6. The van der Waals surface area contributed by atoms with Gasteiger partial charge in [-0.2, -0.15) is 0 Å². The van der Waals surface area contributed by atoms with Crippen molar-refractivity contribution in [1.29, 1.82) is 0 Å². The number of aromatic nitrogens is 1. The van der Waals surface area contributed by atoms with Crippen LogP contribution < -0.4 is 10.1 Å². The highest BCUT2D eigenvalue weighted by atomic mass is 16.5. The summed E-state index contributed by atoms with van der Waals surface area (Å²) in [5.74, 6) is 0.689. The highest BCUT2D eigenvalue weighted by Gasteiger charge is 2.25. The second-order valence-corrected chi connectivity index (χ2v) is 5.10. The van der Waals surface area contributed by atoms with Crippen LogP contribution in [0.15, 0.2) is 42.5 Å². The molecule has 21 heavy (non-hydrogen) atoms. The van der Waals surface area contributed by atoms with E-state index in [2.05, 4.69) is 10.3 Å². The minimum absolute atomic E-state index is 0.0838. The third-order valence-electron chi connectivity index (χ3n) is 3.96. The summed E-state index contributed by atoms with van der Waals surface area (Å²) < 4.78 is 5.49. The number of carbonyl (C=O) groups is 1. The number of aromatic amines is 1. The number of fused-ring (bicyclic) bond motifs is 5. The van der Waals surface area contributed by atoms with Gasteiger partial charge in [-0.15, -0.1) is 0 Å². The zero-order valence-corrected chi connectivity index (χ0v) is 11.6. The quantitative estimate of drug-likeness (QED) is 0.718. The number of nitrogens with one attached hydrogen (secondary N) is 2. The molecule has 0 radical (unpaired) electrons. The molecule has 0 unspecified atom stereocenters. The monoisotopic (exact) mass is 278 g/mol. The first-order chi connectivity index (χ1) is 10.3. The maximum absolute atomic E-state index is 12.4. The van der Waals surface area contributed by atoms with E-state index in [-0.39, 0.29) is 5.91 Å². The van der Waals surface area contributed by atoms with Crippen LogP contribution in [-0.4, -0.2) is 18.0 Å². The Bertz CT molecular complexity index is 864. The van der Waals surface area contributed by atoms with Gasteiger partial charge >= 0.3 is 0 Å². The van der Waals surface area contributed by atoms with Crippen LogP contribution in [0.2, 0.25) is 0 Å². The summed E-state index contributed by atoms with van der Waals surface area (Å²) >= 11 is 0. The molecule has 0 atom stereocenters. The fraction of sp³-hybridized carbons (Fsp3) is 0.118. The Labute approximate surface area is 121 Å². The zero-order chi connectivity index (χ0) is 14.4. The molecule has 1 aliphatic heterocycles. The Hall–Kier alpha value is -2.75. The molecule has 0 bridgehead atoms. The highest BCUT2D eigenvalue weighted by molar-refractivity contribution is 6.12. The van der Waals surface area contributed by atoms with Crippen LogP contribution in [0.4, 0.5) is 0 Å². The van der Waals surface area contributed by atoms with E-state index in [1.807, 2.05) is 42.5 Å². The first-order valence-electron chi connectivity index (χ1n) is 6.84. The van der Waals surface area contributed by atoms with Crippen LogP contribution in [0.1, 0.15) is 16.1 Å². The molecular weight excluding hydrogens is 264 g/mol. The predicted octanol–water partition coefficient (Wildman–Crippen LogP) is 3.09. The summed E-state index contributed by atoms with van der Waals surface area (Å²) in [6, 6.07) is 13.9. The number of amides is 1. The molecule has 3 aromatic rings. The largest absolute Gasteiger partial charge is 0.496 e. The van der Waals surface area contributed by atoms with Crippen LogP contribution in [0.3, 0.4) is 0 Å². The average molecular weight is 278 g/mol. The summed E-state index contributed by atoms with van der Waals surface area (Å²) in [4.78, 5) is 15.6. The second kappa shape index (κ2) is 4.38. The minimum Gasteiger partial charge on any atom is -0.496 e. The van der Waals surface area contributed by atoms with Crippen LogP contribution in [0, 0.1) is 0 Å². The van der Waals surface area contributed by atoms with Gasteiger partial charge in [0.25, 0.3) is 5.91 Å². The van der Waals surface area contributed by atoms with E-state index in [0.29, 0.717) is 12.2 Å². The van der Waals surface area contributed by atoms with Crippen molar-refractivity contribution in [2.75, 3.05) is 7.11 Å². The highest BCUT2D eigenvalue weighted by Crippen LogP contribution is 2.40. The molecule has 0 spiro atoms.